The molecule has 0 aromatic heterocycles. The average molecular weight is 275 g/mol. The number of piperidine rings is 1. The molecule has 1 aliphatic rings. The molecule has 1 aromatic carbocycles. The first-order valence-corrected chi connectivity index (χ1v) is 7.55. The summed E-state index contributed by atoms with van der Waals surface area (Å²) in [5.74, 6) is 0.0996. The summed E-state index contributed by atoms with van der Waals surface area (Å²) in [7, 11) is 0. The Morgan fingerprint density at radius 2 is 2.11 bits per heavy atom. The maximum Gasteiger partial charge on any atom is 0.321 e. The number of benzene rings is 1. The van der Waals surface area contributed by atoms with E-state index in [4.69, 9.17) is 5.26 Å². The first-order chi connectivity index (χ1) is 9.24. The molecule has 19 heavy (non-hydrogen) atoms. The van der Waals surface area contributed by atoms with E-state index in [-0.39, 0.29) is 11.9 Å². The van der Waals surface area contributed by atoms with Crippen molar-refractivity contribution >= 4 is 23.5 Å². The zero-order chi connectivity index (χ0) is 13.7. The number of hydrogen-bond donors (Lipinski definition) is 1. The Kier molecular flexibility index (Phi) is 4.69. The average Bonchev–Trinajstić information content (AvgIpc) is 2.48. The van der Waals surface area contributed by atoms with E-state index in [1.165, 1.54) is 0 Å². The van der Waals surface area contributed by atoms with E-state index < -0.39 is 0 Å². The Morgan fingerprint density at radius 3 is 2.74 bits per heavy atom. The number of nitrogens with zero attached hydrogens (tertiary/aromatic N) is 2. The number of para-hydroxylation sites is 1. The van der Waals surface area contributed by atoms with Gasteiger partial charge in [-0.1, -0.05) is 12.1 Å². The molecular formula is C14H17N3OS. The Hall–Kier alpha value is -1.67. The molecule has 1 N–H and O–H groups in total. The van der Waals surface area contributed by atoms with Crippen LogP contribution in [-0.2, 0) is 0 Å². The predicted octanol–water partition coefficient (Wildman–Crippen LogP) is 3.18. The van der Waals surface area contributed by atoms with Crippen LogP contribution in [0.3, 0.4) is 0 Å². The molecule has 0 atom stereocenters. The summed E-state index contributed by atoms with van der Waals surface area (Å²) in [4.78, 5) is 15.0. The van der Waals surface area contributed by atoms with Crippen molar-refractivity contribution in [1.82, 2.24) is 4.90 Å². The zero-order valence-corrected chi connectivity index (χ0v) is 11.7. The quantitative estimate of drug-likeness (QED) is 0.843. The molecule has 4 nitrogen and oxygen atoms in total. The summed E-state index contributed by atoms with van der Waals surface area (Å²) >= 11 is 1.61. The highest BCUT2D eigenvalue weighted by atomic mass is 32.2. The summed E-state index contributed by atoms with van der Waals surface area (Å²) in [5.41, 5.74) is 0.849. The molecule has 0 saturated carbocycles. The van der Waals surface area contributed by atoms with Crippen LogP contribution >= 0.6 is 11.8 Å². The van der Waals surface area contributed by atoms with Gasteiger partial charge in [0.15, 0.2) is 0 Å². The van der Waals surface area contributed by atoms with Crippen LogP contribution in [0.25, 0.3) is 0 Å². The van der Waals surface area contributed by atoms with Crippen LogP contribution in [0.2, 0.25) is 0 Å². The lowest BCUT2D eigenvalue weighted by atomic mass is 9.99. The molecule has 2 rings (SSSR count). The maximum absolute atomic E-state index is 12.2. The Bertz CT molecular complexity index is 490. The van der Waals surface area contributed by atoms with E-state index in [0.717, 1.165) is 23.4 Å². The van der Waals surface area contributed by atoms with Gasteiger partial charge >= 0.3 is 6.03 Å². The highest BCUT2D eigenvalue weighted by molar-refractivity contribution is 7.98. The number of carbonyl (C=O) groups is 1. The van der Waals surface area contributed by atoms with Gasteiger partial charge in [0.25, 0.3) is 0 Å². The van der Waals surface area contributed by atoms with Gasteiger partial charge in [-0.15, -0.1) is 11.8 Å². The van der Waals surface area contributed by atoms with Gasteiger partial charge in [0.1, 0.15) is 0 Å². The molecule has 0 aliphatic carbocycles. The highest BCUT2D eigenvalue weighted by Crippen LogP contribution is 2.25. The van der Waals surface area contributed by atoms with Crippen LogP contribution < -0.4 is 5.32 Å². The number of thioether (sulfide) groups is 1. The van der Waals surface area contributed by atoms with Crippen LogP contribution in [0.1, 0.15) is 12.8 Å². The van der Waals surface area contributed by atoms with Gasteiger partial charge in [0.05, 0.1) is 11.8 Å². The highest BCUT2D eigenvalue weighted by Gasteiger charge is 2.22. The molecule has 2 amide bonds. The first kappa shape index (κ1) is 13.8. The van der Waals surface area contributed by atoms with Crippen molar-refractivity contribution in [2.45, 2.75) is 17.7 Å². The molecule has 1 fully saturated rings. The smallest absolute Gasteiger partial charge is 0.321 e. The summed E-state index contributed by atoms with van der Waals surface area (Å²) < 4.78 is 0. The first-order valence-electron chi connectivity index (χ1n) is 6.33. The number of anilines is 1. The van der Waals surface area contributed by atoms with Gasteiger partial charge in [-0.05, 0) is 31.2 Å². The number of rotatable bonds is 2. The second-order valence-corrected chi connectivity index (χ2v) is 5.37. The van der Waals surface area contributed by atoms with E-state index in [9.17, 15) is 4.79 Å². The van der Waals surface area contributed by atoms with E-state index in [1.54, 1.807) is 16.7 Å². The summed E-state index contributed by atoms with van der Waals surface area (Å²) in [6.45, 7) is 1.32. The Labute approximate surface area is 117 Å². The number of amides is 2. The normalized spacial score (nSPS) is 15.9. The van der Waals surface area contributed by atoms with Crippen molar-refractivity contribution < 1.29 is 4.79 Å². The molecule has 1 heterocycles. The molecule has 0 unspecified atom stereocenters. The number of hydrogen-bond acceptors (Lipinski definition) is 3. The lowest BCUT2D eigenvalue weighted by Gasteiger charge is -2.29. The third-order valence-electron chi connectivity index (χ3n) is 3.31. The lowest BCUT2D eigenvalue weighted by Crippen LogP contribution is -2.40. The van der Waals surface area contributed by atoms with Crippen LogP contribution in [0.5, 0.6) is 0 Å². The van der Waals surface area contributed by atoms with Crippen molar-refractivity contribution in [2.24, 2.45) is 5.92 Å². The fraction of sp³-hybridized carbons (Fsp3) is 0.429. The van der Waals surface area contributed by atoms with Crippen LogP contribution in [0, 0.1) is 17.2 Å². The SMILES string of the molecule is CSc1ccccc1NC(=O)N1CCC(C#N)CC1. The van der Waals surface area contributed by atoms with Crippen LogP contribution in [0.15, 0.2) is 29.2 Å². The predicted molar refractivity (Wildman–Crippen MR) is 77.2 cm³/mol. The summed E-state index contributed by atoms with van der Waals surface area (Å²) in [6, 6.07) is 9.97. The van der Waals surface area contributed by atoms with Crippen LogP contribution in [-0.4, -0.2) is 30.3 Å². The van der Waals surface area contributed by atoms with Gasteiger partial charge in [-0.25, -0.2) is 4.79 Å². The molecule has 1 saturated heterocycles. The van der Waals surface area contributed by atoms with E-state index >= 15 is 0 Å². The number of urea groups is 1. The largest absolute Gasteiger partial charge is 0.324 e. The summed E-state index contributed by atoms with van der Waals surface area (Å²) in [5, 5.41) is 11.8. The minimum absolute atomic E-state index is 0.0714. The molecule has 100 valence electrons. The fourth-order valence-electron chi connectivity index (χ4n) is 2.15. The zero-order valence-electron chi connectivity index (χ0n) is 10.9. The molecule has 0 bridgehead atoms. The molecular weight excluding hydrogens is 258 g/mol. The van der Waals surface area contributed by atoms with Gasteiger partial charge < -0.3 is 10.2 Å². The van der Waals surface area contributed by atoms with Crippen molar-refractivity contribution in [3.63, 3.8) is 0 Å². The second kappa shape index (κ2) is 6.48. The topological polar surface area (TPSA) is 56.1 Å². The lowest BCUT2D eigenvalue weighted by molar-refractivity contribution is 0.192. The Morgan fingerprint density at radius 1 is 1.42 bits per heavy atom. The standard InChI is InChI=1S/C14H17N3OS/c1-19-13-5-3-2-4-12(13)16-14(18)17-8-6-11(10-15)7-9-17/h2-5,11H,6-9H2,1H3,(H,16,18). The van der Waals surface area contributed by atoms with Crippen LogP contribution in [0.4, 0.5) is 10.5 Å². The van der Waals surface area contributed by atoms with Crippen molar-refractivity contribution in [3.8, 4) is 6.07 Å². The molecule has 1 aromatic rings. The number of nitrogens with one attached hydrogen (secondary N) is 1. The Balaban J connectivity index is 1.96. The molecule has 0 spiro atoms. The van der Waals surface area contributed by atoms with E-state index in [0.29, 0.717) is 13.1 Å². The summed E-state index contributed by atoms with van der Waals surface area (Å²) in [6.07, 6.45) is 3.53. The monoisotopic (exact) mass is 275 g/mol. The van der Waals surface area contributed by atoms with Crippen molar-refractivity contribution in [1.29, 1.82) is 5.26 Å². The number of carbonyl (C=O) groups excluding carboxylic acids is 1. The molecule has 1 aliphatic heterocycles. The third-order valence-corrected chi connectivity index (χ3v) is 4.11. The number of likely N-dealkylation sites (tertiary alicyclic amines) is 1. The van der Waals surface area contributed by atoms with Gasteiger partial charge in [-0.2, -0.15) is 5.26 Å². The van der Waals surface area contributed by atoms with Crippen molar-refractivity contribution in [2.75, 3.05) is 24.7 Å². The van der Waals surface area contributed by atoms with Gasteiger partial charge in [-0.3, -0.25) is 0 Å². The van der Waals surface area contributed by atoms with Gasteiger partial charge in [0.2, 0.25) is 0 Å². The fourth-order valence-corrected chi connectivity index (χ4v) is 2.71. The van der Waals surface area contributed by atoms with E-state index in [2.05, 4.69) is 11.4 Å². The number of nitriles is 1. The minimum atomic E-state index is -0.0714. The third kappa shape index (κ3) is 3.42. The van der Waals surface area contributed by atoms with E-state index in [1.807, 2.05) is 30.5 Å². The molecule has 5 heteroatoms. The minimum Gasteiger partial charge on any atom is -0.324 e. The van der Waals surface area contributed by atoms with Gasteiger partial charge in [0, 0.05) is 23.9 Å². The molecule has 0 radical (unpaired) electrons. The second-order valence-electron chi connectivity index (χ2n) is 4.52. The maximum atomic E-state index is 12.2. The van der Waals surface area contributed by atoms with Crippen molar-refractivity contribution in [3.05, 3.63) is 24.3 Å².